The molecule has 5 rings (SSSR count). The number of nitrogens with zero attached hydrogens (tertiary/aromatic N) is 2. The van der Waals surface area contributed by atoms with E-state index in [9.17, 15) is 9.59 Å². The first-order chi connectivity index (χ1) is 19.4. The Morgan fingerprint density at radius 1 is 1.07 bits per heavy atom. The molecule has 2 heterocycles. The summed E-state index contributed by atoms with van der Waals surface area (Å²) in [6, 6.07) is 21.7. The van der Waals surface area contributed by atoms with E-state index in [2.05, 4.69) is 4.99 Å². The minimum atomic E-state index is -0.662. The first-order valence-corrected chi connectivity index (χ1v) is 13.9. The van der Waals surface area contributed by atoms with Crippen molar-refractivity contribution in [3.63, 3.8) is 0 Å². The van der Waals surface area contributed by atoms with E-state index in [1.165, 1.54) is 11.3 Å². The summed E-state index contributed by atoms with van der Waals surface area (Å²) in [6.45, 7) is 4.03. The minimum absolute atomic E-state index is 0.218. The number of ether oxygens (including phenoxy) is 3. The Bertz CT molecular complexity index is 1760. The van der Waals surface area contributed by atoms with Crippen molar-refractivity contribution in [2.45, 2.75) is 26.5 Å². The largest absolute Gasteiger partial charge is 0.493 e. The molecule has 4 aromatic rings. The Kier molecular flexibility index (Phi) is 8.19. The quantitative estimate of drug-likeness (QED) is 0.276. The van der Waals surface area contributed by atoms with E-state index in [0.717, 1.165) is 11.1 Å². The van der Waals surface area contributed by atoms with Crippen LogP contribution in [0, 0.1) is 0 Å². The Morgan fingerprint density at radius 3 is 2.52 bits per heavy atom. The first kappa shape index (κ1) is 27.4. The standard InChI is InChI=1S/C31H27ClN2O5S/c1-4-38-30(36)26-19(2)33-31-34(27(26)21-9-6-5-7-10-21)29(35)25(40-31)17-22-11-8-12-24(37-3)28(22)39-18-20-13-15-23(32)16-14-20/h5-17,27H,4,18H2,1-3H3/b25-17+/t27-/m1/s1. The van der Waals surface area contributed by atoms with E-state index in [-0.39, 0.29) is 18.8 Å². The summed E-state index contributed by atoms with van der Waals surface area (Å²) in [5.41, 5.74) is 3.01. The molecule has 1 aromatic heterocycles. The van der Waals surface area contributed by atoms with Gasteiger partial charge in [-0.3, -0.25) is 9.36 Å². The highest BCUT2D eigenvalue weighted by atomic mass is 35.5. The van der Waals surface area contributed by atoms with Crippen molar-refractivity contribution in [2.75, 3.05) is 13.7 Å². The highest BCUT2D eigenvalue weighted by molar-refractivity contribution is 7.07. The van der Waals surface area contributed by atoms with Crippen molar-refractivity contribution in [1.82, 2.24) is 4.57 Å². The van der Waals surface area contributed by atoms with Crippen molar-refractivity contribution in [2.24, 2.45) is 4.99 Å². The number of hydrogen-bond acceptors (Lipinski definition) is 7. The predicted octanol–water partition coefficient (Wildman–Crippen LogP) is 5.04. The summed E-state index contributed by atoms with van der Waals surface area (Å²) in [5.74, 6) is 0.560. The van der Waals surface area contributed by atoms with Crippen molar-refractivity contribution < 1.29 is 19.0 Å². The summed E-state index contributed by atoms with van der Waals surface area (Å²) in [6.07, 6.45) is 1.77. The van der Waals surface area contributed by atoms with E-state index >= 15 is 0 Å². The van der Waals surface area contributed by atoms with Gasteiger partial charge in [0.1, 0.15) is 6.61 Å². The Hall–Kier alpha value is -4.14. The van der Waals surface area contributed by atoms with Crippen LogP contribution in [0.5, 0.6) is 11.5 Å². The molecular weight excluding hydrogens is 548 g/mol. The molecule has 0 radical (unpaired) electrons. The molecule has 0 amide bonds. The molecule has 1 aliphatic heterocycles. The van der Waals surface area contributed by atoms with Gasteiger partial charge in [-0.15, -0.1) is 0 Å². The zero-order valence-electron chi connectivity index (χ0n) is 22.2. The normalized spacial score (nSPS) is 14.9. The van der Waals surface area contributed by atoms with Gasteiger partial charge in [0.2, 0.25) is 0 Å². The third-order valence-electron chi connectivity index (χ3n) is 6.44. The van der Waals surface area contributed by atoms with E-state index < -0.39 is 12.0 Å². The van der Waals surface area contributed by atoms with Gasteiger partial charge in [0.15, 0.2) is 16.3 Å². The maximum absolute atomic E-state index is 13.9. The molecule has 7 nitrogen and oxygen atoms in total. The maximum Gasteiger partial charge on any atom is 0.338 e. The molecule has 0 N–H and O–H groups in total. The SMILES string of the molecule is CCOC(=O)C1=C(C)N=c2s/c(=C/c3cccc(OC)c3OCc3ccc(Cl)cc3)c(=O)n2[C@@H]1c1ccccc1. The number of allylic oxidation sites excluding steroid dienone is 1. The van der Waals surface area contributed by atoms with Gasteiger partial charge in [0.25, 0.3) is 5.56 Å². The fourth-order valence-electron chi connectivity index (χ4n) is 4.58. The van der Waals surface area contributed by atoms with E-state index in [4.69, 9.17) is 25.8 Å². The number of thiazole rings is 1. The van der Waals surface area contributed by atoms with Crippen LogP contribution in [0.2, 0.25) is 5.02 Å². The van der Waals surface area contributed by atoms with Gasteiger partial charge in [0.05, 0.1) is 35.6 Å². The van der Waals surface area contributed by atoms with Crippen LogP contribution in [0.15, 0.2) is 93.9 Å². The highest BCUT2D eigenvalue weighted by Gasteiger charge is 2.33. The molecule has 0 spiro atoms. The molecule has 0 fully saturated rings. The lowest BCUT2D eigenvalue weighted by atomic mass is 9.96. The number of methoxy groups -OCH3 is 1. The van der Waals surface area contributed by atoms with Gasteiger partial charge < -0.3 is 14.2 Å². The lowest BCUT2D eigenvalue weighted by Crippen LogP contribution is -2.39. The second-order valence-corrected chi connectivity index (χ2v) is 10.5. The number of hydrogen-bond donors (Lipinski definition) is 0. The maximum atomic E-state index is 13.9. The zero-order valence-corrected chi connectivity index (χ0v) is 23.8. The monoisotopic (exact) mass is 574 g/mol. The van der Waals surface area contributed by atoms with Gasteiger partial charge in [-0.2, -0.15) is 0 Å². The molecular formula is C31H27ClN2O5S. The summed E-state index contributed by atoms with van der Waals surface area (Å²) >= 11 is 7.27. The van der Waals surface area contributed by atoms with Crippen LogP contribution in [0.3, 0.4) is 0 Å². The van der Waals surface area contributed by atoms with Crippen LogP contribution in [0.25, 0.3) is 6.08 Å². The molecule has 0 saturated heterocycles. The number of benzene rings is 3. The van der Waals surface area contributed by atoms with Gasteiger partial charge in [-0.1, -0.05) is 77.5 Å². The van der Waals surface area contributed by atoms with Crippen molar-refractivity contribution in [3.05, 3.63) is 125 Å². The Morgan fingerprint density at radius 2 is 1.82 bits per heavy atom. The minimum Gasteiger partial charge on any atom is -0.493 e. The third kappa shape index (κ3) is 5.46. The number of aromatic nitrogens is 1. The number of fused-ring (bicyclic) bond motifs is 1. The number of carbonyl (C=O) groups excluding carboxylic acids is 1. The number of halogens is 1. The lowest BCUT2D eigenvalue weighted by Gasteiger charge is -2.24. The molecule has 3 aromatic carbocycles. The molecule has 0 saturated carbocycles. The summed E-state index contributed by atoms with van der Waals surface area (Å²) in [4.78, 5) is 32.1. The smallest absolute Gasteiger partial charge is 0.338 e. The average molecular weight is 575 g/mol. The Labute approximate surface area is 240 Å². The van der Waals surface area contributed by atoms with Crippen LogP contribution in [0.4, 0.5) is 0 Å². The molecule has 0 aliphatic carbocycles. The van der Waals surface area contributed by atoms with Gasteiger partial charge >= 0.3 is 5.97 Å². The summed E-state index contributed by atoms with van der Waals surface area (Å²) < 4.78 is 19.1. The molecule has 9 heteroatoms. The van der Waals surface area contributed by atoms with Crippen molar-refractivity contribution in [3.8, 4) is 11.5 Å². The van der Waals surface area contributed by atoms with Crippen LogP contribution >= 0.6 is 22.9 Å². The highest BCUT2D eigenvalue weighted by Crippen LogP contribution is 2.33. The second-order valence-electron chi connectivity index (χ2n) is 9.01. The molecule has 204 valence electrons. The fourth-order valence-corrected chi connectivity index (χ4v) is 5.74. The molecule has 1 aliphatic rings. The van der Waals surface area contributed by atoms with E-state index in [0.29, 0.717) is 42.7 Å². The van der Waals surface area contributed by atoms with Crippen LogP contribution in [0.1, 0.15) is 36.6 Å². The van der Waals surface area contributed by atoms with Crippen LogP contribution < -0.4 is 24.4 Å². The lowest BCUT2D eigenvalue weighted by molar-refractivity contribution is -0.139. The van der Waals surface area contributed by atoms with Gasteiger partial charge in [-0.05, 0) is 49.2 Å². The van der Waals surface area contributed by atoms with E-state index in [1.54, 1.807) is 49.8 Å². The van der Waals surface area contributed by atoms with Gasteiger partial charge in [-0.25, -0.2) is 9.79 Å². The van der Waals surface area contributed by atoms with Gasteiger partial charge in [0, 0.05) is 10.6 Å². The topological polar surface area (TPSA) is 79.1 Å². The summed E-state index contributed by atoms with van der Waals surface area (Å²) in [7, 11) is 1.57. The number of esters is 1. The van der Waals surface area contributed by atoms with Crippen molar-refractivity contribution in [1.29, 1.82) is 0 Å². The third-order valence-corrected chi connectivity index (χ3v) is 7.68. The molecule has 40 heavy (non-hydrogen) atoms. The molecule has 1 atom stereocenters. The van der Waals surface area contributed by atoms with E-state index in [1.807, 2.05) is 54.6 Å². The molecule has 0 bridgehead atoms. The van der Waals surface area contributed by atoms with Crippen molar-refractivity contribution >= 4 is 35.0 Å². The fraction of sp³-hybridized carbons (Fsp3) is 0.194. The summed E-state index contributed by atoms with van der Waals surface area (Å²) in [5, 5.41) is 0.646. The predicted molar refractivity (Wildman–Crippen MR) is 156 cm³/mol. The number of para-hydroxylation sites is 1. The number of rotatable bonds is 8. The zero-order chi connectivity index (χ0) is 28.2. The average Bonchev–Trinajstić information content (AvgIpc) is 3.26. The number of carbonyl (C=O) groups is 1. The first-order valence-electron chi connectivity index (χ1n) is 12.7. The second kappa shape index (κ2) is 11.9. The van der Waals surface area contributed by atoms with Crippen LogP contribution in [-0.2, 0) is 16.1 Å². The Balaban J connectivity index is 1.62. The van der Waals surface area contributed by atoms with Crippen LogP contribution in [-0.4, -0.2) is 24.3 Å². The molecule has 0 unspecified atom stereocenters.